The van der Waals surface area contributed by atoms with Crippen LogP contribution in [0, 0.1) is 0 Å². The molecular weight excluding hydrogens is 428 g/mol. The Labute approximate surface area is 194 Å². The Hall–Kier alpha value is -3.07. The van der Waals surface area contributed by atoms with Gasteiger partial charge in [0.1, 0.15) is 0 Å². The molecular formula is C23H30N4O4S. The number of nitrogens with one attached hydrogen (secondary N) is 1. The zero-order valence-corrected chi connectivity index (χ0v) is 19.8. The molecule has 1 aromatic carbocycles. The van der Waals surface area contributed by atoms with Crippen molar-refractivity contribution in [3.05, 3.63) is 36.0 Å². The number of amides is 1. The van der Waals surface area contributed by atoms with Crippen molar-refractivity contribution in [2.24, 2.45) is 4.99 Å². The number of unbranched alkanes of at least 4 members (excludes halogenated alkanes) is 1. The van der Waals surface area contributed by atoms with Crippen molar-refractivity contribution in [2.75, 3.05) is 41.5 Å². The molecule has 1 unspecified atom stereocenters. The molecule has 0 radical (unpaired) electrons. The van der Waals surface area contributed by atoms with Crippen molar-refractivity contribution in [3.8, 4) is 17.2 Å². The third-order valence-corrected chi connectivity index (χ3v) is 6.17. The van der Waals surface area contributed by atoms with E-state index in [9.17, 15) is 4.79 Å². The predicted molar refractivity (Wildman–Crippen MR) is 129 cm³/mol. The molecule has 2 heterocycles. The summed E-state index contributed by atoms with van der Waals surface area (Å²) in [6, 6.07) is 3.58. The summed E-state index contributed by atoms with van der Waals surface area (Å²) >= 11 is 5.49. The summed E-state index contributed by atoms with van der Waals surface area (Å²) in [7, 11) is 6.67. The van der Waals surface area contributed by atoms with Gasteiger partial charge in [0.25, 0.3) is 0 Å². The molecule has 172 valence electrons. The van der Waals surface area contributed by atoms with E-state index in [0.717, 1.165) is 36.5 Å². The Bertz CT molecular complexity index is 921. The van der Waals surface area contributed by atoms with Crippen molar-refractivity contribution < 1.29 is 19.0 Å². The number of aliphatic imine (C=N–C) groups is 1. The third kappa shape index (κ3) is 4.72. The van der Waals surface area contributed by atoms with Gasteiger partial charge in [0, 0.05) is 38.8 Å². The molecule has 2 aliphatic heterocycles. The molecule has 2 aliphatic rings. The number of carbonyl (C=O) groups is 1. The van der Waals surface area contributed by atoms with Gasteiger partial charge in [0.2, 0.25) is 11.7 Å². The normalized spacial score (nSPS) is 19.4. The number of ether oxygens (including phenoxy) is 3. The number of nitrogens with zero attached hydrogens (tertiary/aromatic N) is 3. The van der Waals surface area contributed by atoms with E-state index in [1.807, 2.05) is 19.5 Å². The van der Waals surface area contributed by atoms with Crippen LogP contribution in [0.4, 0.5) is 0 Å². The largest absolute Gasteiger partial charge is 0.493 e. The Morgan fingerprint density at radius 2 is 1.94 bits per heavy atom. The van der Waals surface area contributed by atoms with E-state index >= 15 is 0 Å². The maximum absolute atomic E-state index is 12.2. The van der Waals surface area contributed by atoms with E-state index in [2.05, 4.69) is 26.2 Å². The van der Waals surface area contributed by atoms with Gasteiger partial charge in [-0.15, -0.1) is 0 Å². The fourth-order valence-corrected chi connectivity index (χ4v) is 4.29. The second-order valence-corrected chi connectivity index (χ2v) is 7.89. The van der Waals surface area contributed by atoms with Crippen LogP contribution in [0.2, 0.25) is 0 Å². The summed E-state index contributed by atoms with van der Waals surface area (Å²) in [5.41, 5.74) is 0.553. The number of benzene rings is 1. The van der Waals surface area contributed by atoms with Crippen molar-refractivity contribution in [2.45, 2.75) is 24.9 Å². The maximum Gasteiger partial charge on any atom is 0.243 e. The SMILES string of the molecule is COc1cc(/C=C/C(=O)NCCCCN2C(=S)N(C)C23C=NC=CC3)cc(OC)c1OC. The standard InChI is InChI=1S/C23H30N4O4S/c1-26-22(32)27(23(26)10-7-11-24-16-23)13-6-5-12-25-20(28)9-8-17-14-18(29-2)21(31-4)19(15-17)30-3/h7-9,11,14-16H,5-6,10,12-13H2,1-4H3,(H,25,28)/b9-8+. The van der Waals surface area contributed by atoms with Crippen LogP contribution in [0.1, 0.15) is 24.8 Å². The second-order valence-electron chi connectivity index (χ2n) is 7.53. The number of carbonyl (C=O) groups excluding carboxylic acids is 1. The molecule has 0 bridgehead atoms. The minimum Gasteiger partial charge on any atom is -0.493 e. The van der Waals surface area contributed by atoms with Gasteiger partial charge in [-0.3, -0.25) is 9.79 Å². The van der Waals surface area contributed by atoms with E-state index in [1.54, 1.807) is 39.5 Å². The minimum atomic E-state index is -0.224. The summed E-state index contributed by atoms with van der Waals surface area (Å²) in [5, 5.41) is 3.76. The quantitative estimate of drug-likeness (QED) is 0.328. The number of rotatable bonds is 10. The molecule has 0 aromatic heterocycles. The molecule has 8 nitrogen and oxygen atoms in total. The minimum absolute atomic E-state index is 0.154. The maximum atomic E-state index is 12.2. The lowest BCUT2D eigenvalue weighted by atomic mass is 9.96. The second kappa shape index (κ2) is 10.5. The van der Waals surface area contributed by atoms with E-state index in [0.29, 0.717) is 23.8 Å². The van der Waals surface area contributed by atoms with Crippen molar-refractivity contribution >= 4 is 35.5 Å². The highest BCUT2D eigenvalue weighted by molar-refractivity contribution is 7.80. The lowest BCUT2D eigenvalue weighted by Crippen LogP contribution is -2.76. The van der Waals surface area contributed by atoms with Crippen LogP contribution in [-0.2, 0) is 4.79 Å². The Morgan fingerprint density at radius 3 is 2.53 bits per heavy atom. The Kier molecular flexibility index (Phi) is 7.74. The van der Waals surface area contributed by atoms with Gasteiger partial charge < -0.3 is 29.3 Å². The molecule has 1 atom stereocenters. The van der Waals surface area contributed by atoms with Gasteiger partial charge in [-0.2, -0.15) is 0 Å². The first-order valence-corrected chi connectivity index (χ1v) is 10.9. The van der Waals surface area contributed by atoms with E-state index in [1.165, 1.54) is 6.08 Å². The van der Waals surface area contributed by atoms with Gasteiger partial charge in [-0.1, -0.05) is 6.08 Å². The van der Waals surface area contributed by atoms with Crippen LogP contribution in [0.25, 0.3) is 6.08 Å². The summed E-state index contributed by atoms with van der Waals surface area (Å²) in [6.07, 6.45) is 11.7. The fourth-order valence-electron chi connectivity index (χ4n) is 3.88. The van der Waals surface area contributed by atoms with Gasteiger partial charge in [0.05, 0.1) is 27.5 Å². The van der Waals surface area contributed by atoms with Crippen LogP contribution in [0.5, 0.6) is 17.2 Å². The fraction of sp³-hybridized carbons (Fsp3) is 0.435. The first-order chi connectivity index (χ1) is 15.5. The Morgan fingerprint density at radius 1 is 1.22 bits per heavy atom. The van der Waals surface area contributed by atoms with Crippen LogP contribution >= 0.6 is 12.2 Å². The summed E-state index contributed by atoms with van der Waals surface area (Å²) in [4.78, 5) is 20.8. The highest BCUT2D eigenvalue weighted by atomic mass is 32.1. The molecule has 1 amide bonds. The topological polar surface area (TPSA) is 75.6 Å². The molecule has 3 rings (SSSR count). The monoisotopic (exact) mass is 458 g/mol. The Balaban J connectivity index is 1.45. The number of hydrogen-bond acceptors (Lipinski definition) is 6. The lowest BCUT2D eigenvalue weighted by Gasteiger charge is -2.60. The van der Waals surface area contributed by atoms with E-state index in [-0.39, 0.29) is 11.6 Å². The van der Waals surface area contributed by atoms with Crippen LogP contribution < -0.4 is 19.5 Å². The van der Waals surface area contributed by atoms with Crippen LogP contribution in [0.15, 0.2) is 35.5 Å². The van der Waals surface area contributed by atoms with Gasteiger partial charge >= 0.3 is 0 Å². The number of thiocarbonyl (C=S) groups is 1. The van der Waals surface area contributed by atoms with E-state index in [4.69, 9.17) is 26.4 Å². The highest BCUT2D eigenvalue weighted by Crippen LogP contribution is 2.38. The molecule has 1 fully saturated rings. The zero-order valence-electron chi connectivity index (χ0n) is 19.0. The summed E-state index contributed by atoms with van der Waals surface area (Å²) in [5.74, 6) is 1.44. The van der Waals surface area contributed by atoms with Gasteiger partial charge in [-0.25, -0.2) is 0 Å². The highest BCUT2D eigenvalue weighted by Gasteiger charge is 2.51. The lowest BCUT2D eigenvalue weighted by molar-refractivity contribution is -0.116. The van der Waals surface area contributed by atoms with Crippen LogP contribution in [0.3, 0.4) is 0 Å². The van der Waals surface area contributed by atoms with Crippen molar-refractivity contribution in [1.29, 1.82) is 0 Å². The van der Waals surface area contributed by atoms with Gasteiger partial charge in [0.15, 0.2) is 22.3 Å². The molecule has 32 heavy (non-hydrogen) atoms. The molecule has 9 heteroatoms. The summed E-state index contributed by atoms with van der Waals surface area (Å²) < 4.78 is 16.0. The zero-order chi connectivity index (χ0) is 23.1. The number of hydrogen-bond donors (Lipinski definition) is 1. The first-order valence-electron chi connectivity index (χ1n) is 10.5. The molecule has 1 N–H and O–H groups in total. The molecule has 1 spiro atoms. The number of methoxy groups -OCH3 is 3. The predicted octanol–water partition coefficient (Wildman–Crippen LogP) is 2.84. The van der Waals surface area contributed by atoms with Crippen molar-refractivity contribution in [1.82, 2.24) is 15.1 Å². The van der Waals surface area contributed by atoms with Gasteiger partial charge in [-0.05, 0) is 48.8 Å². The smallest absolute Gasteiger partial charge is 0.243 e. The molecule has 1 saturated heterocycles. The van der Waals surface area contributed by atoms with Crippen LogP contribution in [-0.4, -0.2) is 74.2 Å². The molecule has 0 aliphatic carbocycles. The average molecular weight is 459 g/mol. The van der Waals surface area contributed by atoms with E-state index < -0.39 is 0 Å². The average Bonchev–Trinajstić information content (AvgIpc) is 2.83. The summed E-state index contributed by atoms with van der Waals surface area (Å²) in [6.45, 7) is 1.43. The third-order valence-electron chi connectivity index (χ3n) is 5.68. The first kappa shape index (κ1) is 23.6. The molecule has 1 aromatic rings. The molecule has 0 saturated carbocycles. The van der Waals surface area contributed by atoms with Crippen molar-refractivity contribution in [3.63, 3.8) is 0 Å².